The number of rotatable bonds is 2. The van der Waals surface area contributed by atoms with Crippen LogP contribution in [0.15, 0.2) is 17.1 Å². The molecule has 1 amide bonds. The number of aryl methyl sites for hydroxylation is 3. The molecule has 0 aliphatic carbocycles. The Balaban J connectivity index is 1.74. The average molecular weight is 354 g/mol. The van der Waals surface area contributed by atoms with Gasteiger partial charge in [0.05, 0.1) is 23.0 Å². The quantitative estimate of drug-likeness (QED) is 0.758. The Bertz CT molecular complexity index is 1070. The van der Waals surface area contributed by atoms with E-state index in [2.05, 4.69) is 15.2 Å². The number of hydrogen-bond acceptors (Lipinski definition) is 4. The van der Waals surface area contributed by atoms with E-state index in [9.17, 15) is 9.59 Å². The molecule has 26 heavy (non-hydrogen) atoms. The molecule has 136 valence electrons. The number of carbonyl (C=O) groups excluding carboxylic acids is 1. The Kier molecular flexibility index (Phi) is 3.71. The van der Waals surface area contributed by atoms with Gasteiger partial charge >= 0.3 is 0 Å². The molecule has 4 heterocycles. The molecule has 1 aliphatic heterocycles. The largest absolute Gasteiger partial charge is 0.330 e. The molecule has 0 radical (unpaired) electrons. The van der Waals surface area contributed by atoms with Crippen LogP contribution in [0.4, 0.5) is 0 Å². The van der Waals surface area contributed by atoms with Gasteiger partial charge in [0.2, 0.25) is 0 Å². The highest BCUT2D eigenvalue weighted by Crippen LogP contribution is 2.33. The maximum Gasteiger partial charge on any atom is 0.275 e. The van der Waals surface area contributed by atoms with Crippen LogP contribution >= 0.6 is 0 Å². The van der Waals surface area contributed by atoms with E-state index in [0.29, 0.717) is 23.3 Å². The maximum absolute atomic E-state index is 13.0. The molecule has 1 N–H and O–H groups in total. The van der Waals surface area contributed by atoms with Crippen molar-refractivity contribution >= 4 is 11.6 Å². The third-order valence-corrected chi connectivity index (χ3v) is 5.22. The van der Waals surface area contributed by atoms with Crippen molar-refractivity contribution in [3.8, 4) is 0 Å². The molecule has 0 saturated carbocycles. The molecule has 8 heteroatoms. The summed E-state index contributed by atoms with van der Waals surface area (Å²) in [4.78, 5) is 31.8. The van der Waals surface area contributed by atoms with Crippen molar-refractivity contribution in [1.29, 1.82) is 0 Å². The minimum atomic E-state index is -0.0993. The van der Waals surface area contributed by atoms with Gasteiger partial charge in [-0.25, -0.2) is 9.50 Å². The van der Waals surface area contributed by atoms with Crippen LogP contribution in [0.2, 0.25) is 0 Å². The number of carbonyl (C=O) groups is 1. The first kappa shape index (κ1) is 16.6. The Morgan fingerprint density at radius 3 is 2.73 bits per heavy atom. The van der Waals surface area contributed by atoms with E-state index in [4.69, 9.17) is 0 Å². The summed E-state index contributed by atoms with van der Waals surface area (Å²) in [7, 11) is 1.81. The van der Waals surface area contributed by atoms with Crippen molar-refractivity contribution in [2.45, 2.75) is 39.7 Å². The van der Waals surface area contributed by atoms with Gasteiger partial charge < -0.3 is 4.90 Å². The number of likely N-dealkylation sites (tertiary alicyclic amines) is 1. The lowest BCUT2D eigenvalue weighted by Crippen LogP contribution is -2.31. The van der Waals surface area contributed by atoms with E-state index in [0.717, 1.165) is 29.9 Å². The molecule has 1 atom stereocenters. The monoisotopic (exact) mass is 354 g/mol. The van der Waals surface area contributed by atoms with Crippen molar-refractivity contribution in [3.05, 3.63) is 50.8 Å². The highest BCUT2D eigenvalue weighted by Gasteiger charge is 2.33. The predicted octanol–water partition coefficient (Wildman–Crippen LogP) is 1.66. The minimum absolute atomic E-state index is 0.0237. The van der Waals surface area contributed by atoms with Crippen molar-refractivity contribution in [3.63, 3.8) is 0 Å². The molecule has 0 spiro atoms. The average Bonchev–Trinajstić information content (AvgIpc) is 3.30. The van der Waals surface area contributed by atoms with E-state index in [1.807, 2.05) is 31.9 Å². The Labute approximate surface area is 150 Å². The van der Waals surface area contributed by atoms with E-state index in [-0.39, 0.29) is 17.5 Å². The lowest BCUT2D eigenvalue weighted by Gasteiger charge is -2.23. The molecule has 1 unspecified atom stereocenters. The summed E-state index contributed by atoms with van der Waals surface area (Å²) in [5.41, 5.74) is 4.03. The fourth-order valence-electron chi connectivity index (χ4n) is 3.71. The highest BCUT2D eigenvalue weighted by molar-refractivity contribution is 5.95. The molecule has 3 aromatic heterocycles. The topological polar surface area (TPSA) is 88.3 Å². The molecule has 1 saturated heterocycles. The van der Waals surface area contributed by atoms with Crippen LogP contribution in [0.1, 0.15) is 51.9 Å². The van der Waals surface area contributed by atoms with Gasteiger partial charge in [-0.05, 0) is 33.6 Å². The highest BCUT2D eigenvalue weighted by atomic mass is 16.2. The number of aromatic nitrogens is 5. The van der Waals surface area contributed by atoms with Crippen LogP contribution in [0.3, 0.4) is 0 Å². The molecule has 8 nitrogen and oxygen atoms in total. The van der Waals surface area contributed by atoms with Crippen LogP contribution in [-0.4, -0.2) is 41.7 Å². The van der Waals surface area contributed by atoms with Gasteiger partial charge in [0.15, 0.2) is 5.65 Å². The van der Waals surface area contributed by atoms with Crippen LogP contribution < -0.4 is 5.56 Å². The van der Waals surface area contributed by atoms with Gasteiger partial charge in [-0.2, -0.15) is 5.10 Å². The third kappa shape index (κ3) is 2.44. The Morgan fingerprint density at radius 2 is 2.04 bits per heavy atom. The normalized spacial score (nSPS) is 17.4. The van der Waals surface area contributed by atoms with E-state index in [1.165, 1.54) is 4.52 Å². The zero-order valence-corrected chi connectivity index (χ0v) is 15.4. The first-order valence-corrected chi connectivity index (χ1v) is 8.77. The number of nitrogens with zero attached hydrogens (tertiary/aromatic N) is 5. The molecule has 4 rings (SSSR count). The summed E-state index contributed by atoms with van der Waals surface area (Å²) in [6.07, 6.45) is 3.53. The van der Waals surface area contributed by atoms with Gasteiger partial charge in [0, 0.05) is 37.1 Å². The van der Waals surface area contributed by atoms with E-state index < -0.39 is 0 Å². The number of nitrogens with one attached hydrogen (secondary N) is 1. The van der Waals surface area contributed by atoms with Crippen LogP contribution in [-0.2, 0) is 7.05 Å². The summed E-state index contributed by atoms with van der Waals surface area (Å²) in [5.74, 6) is -0.0237. The Hall–Kier alpha value is -2.90. The molecular weight excluding hydrogens is 332 g/mol. The molecule has 0 aromatic carbocycles. The van der Waals surface area contributed by atoms with Crippen LogP contribution in [0, 0.1) is 20.8 Å². The lowest BCUT2D eigenvalue weighted by molar-refractivity contribution is 0.0732. The number of hydrogen-bond donors (Lipinski definition) is 1. The second-order valence-electron chi connectivity index (χ2n) is 6.99. The van der Waals surface area contributed by atoms with Gasteiger partial charge in [-0.1, -0.05) is 0 Å². The lowest BCUT2D eigenvalue weighted by atomic mass is 10.1. The van der Waals surface area contributed by atoms with Crippen molar-refractivity contribution in [2.75, 3.05) is 6.54 Å². The summed E-state index contributed by atoms with van der Waals surface area (Å²) >= 11 is 0. The number of fused-ring (bicyclic) bond motifs is 1. The maximum atomic E-state index is 13.0. The third-order valence-electron chi connectivity index (χ3n) is 5.22. The fraction of sp³-hybridized carbons (Fsp3) is 0.444. The van der Waals surface area contributed by atoms with E-state index >= 15 is 0 Å². The number of aromatic amines is 1. The standard InChI is InChI=1S/C18H22N6O2/c1-10-11(2)19-16-8-14(21-24(16)17(10)25)15-6-5-7-23(15)18(26)13-9-22(4)20-12(13)3/h8-9,15,21H,5-7H2,1-4H3. The Morgan fingerprint density at radius 1 is 1.27 bits per heavy atom. The van der Waals surface area contributed by atoms with Gasteiger partial charge in [-0.15, -0.1) is 0 Å². The molecule has 1 fully saturated rings. The SMILES string of the molecule is Cc1nn(C)cc1C(=O)N1CCCC1c1cc2nc(C)c(C)c(=O)n2[nH]1. The zero-order chi connectivity index (χ0) is 18.6. The summed E-state index contributed by atoms with van der Waals surface area (Å²) in [6, 6.07) is 1.78. The van der Waals surface area contributed by atoms with Crippen LogP contribution in [0.5, 0.6) is 0 Å². The van der Waals surface area contributed by atoms with Gasteiger partial charge in [0.25, 0.3) is 11.5 Å². The predicted molar refractivity (Wildman–Crippen MR) is 96.2 cm³/mol. The molecule has 1 aliphatic rings. The number of amides is 1. The second-order valence-corrected chi connectivity index (χ2v) is 6.99. The van der Waals surface area contributed by atoms with Gasteiger partial charge in [0.1, 0.15) is 0 Å². The first-order chi connectivity index (χ1) is 12.4. The smallest absolute Gasteiger partial charge is 0.275 e. The van der Waals surface area contributed by atoms with Crippen molar-refractivity contribution < 1.29 is 4.79 Å². The fourth-order valence-corrected chi connectivity index (χ4v) is 3.71. The van der Waals surface area contributed by atoms with Crippen LogP contribution in [0.25, 0.3) is 5.65 Å². The summed E-state index contributed by atoms with van der Waals surface area (Å²) in [6.45, 7) is 6.14. The van der Waals surface area contributed by atoms with Crippen molar-refractivity contribution in [1.82, 2.24) is 29.3 Å². The van der Waals surface area contributed by atoms with Crippen molar-refractivity contribution in [2.24, 2.45) is 7.05 Å². The number of H-pyrrole nitrogens is 1. The molecule has 3 aromatic rings. The van der Waals surface area contributed by atoms with Gasteiger partial charge in [-0.3, -0.25) is 19.4 Å². The molecular formula is C18H22N6O2. The van der Waals surface area contributed by atoms with E-state index in [1.54, 1.807) is 17.8 Å². The zero-order valence-electron chi connectivity index (χ0n) is 15.4. The second kappa shape index (κ2) is 5.82. The summed E-state index contributed by atoms with van der Waals surface area (Å²) < 4.78 is 3.12. The summed E-state index contributed by atoms with van der Waals surface area (Å²) in [5, 5.41) is 7.43. The first-order valence-electron chi connectivity index (χ1n) is 8.77. The molecule has 0 bridgehead atoms. The minimum Gasteiger partial charge on any atom is -0.330 e.